The smallest absolute Gasteiger partial charge is 0.224 e. The number of para-hydroxylation sites is 2. The molecule has 6 heteroatoms. The van der Waals surface area contributed by atoms with Crippen LogP contribution in [0.3, 0.4) is 0 Å². The van der Waals surface area contributed by atoms with Gasteiger partial charge in [0.1, 0.15) is 0 Å². The van der Waals surface area contributed by atoms with Crippen LogP contribution in [0.25, 0.3) is 0 Å². The summed E-state index contributed by atoms with van der Waals surface area (Å²) in [6, 6.07) is 9.60. The molecule has 0 radical (unpaired) electrons. The lowest BCUT2D eigenvalue weighted by Crippen LogP contribution is -2.39. The van der Waals surface area contributed by atoms with E-state index in [0.29, 0.717) is 24.4 Å². The first kappa shape index (κ1) is 21.3. The second kappa shape index (κ2) is 9.82. The maximum absolute atomic E-state index is 12.6. The zero-order valence-electron chi connectivity index (χ0n) is 15.3. The van der Waals surface area contributed by atoms with Gasteiger partial charge in [-0.25, -0.2) is 0 Å². The van der Waals surface area contributed by atoms with E-state index < -0.39 is 0 Å². The van der Waals surface area contributed by atoms with Gasteiger partial charge in [0.15, 0.2) is 0 Å². The number of rotatable bonds is 4. The Morgan fingerprint density at radius 2 is 1.69 bits per heavy atom. The molecule has 2 N–H and O–H groups in total. The van der Waals surface area contributed by atoms with Crippen molar-refractivity contribution in [1.82, 2.24) is 5.32 Å². The highest BCUT2D eigenvalue weighted by atomic mass is 35.5. The van der Waals surface area contributed by atoms with Gasteiger partial charge in [-0.05, 0) is 63.0 Å². The number of benzene rings is 1. The highest BCUT2D eigenvalue weighted by molar-refractivity contribution is 5.94. The van der Waals surface area contributed by atoms with Crippen LogP contribution in [0, 0.1) is 5.92 Å². The molecule has 3 saturated heterocycles. The standard InChI is InChI=1S/C20H29N3O.2ClH/c24-20(14-15-12-16-8-9-17(13-15)21-16)22-18-6-2-3-7-19(18)23-10-4-1-5-11-23;;/h2-3,6-7,15-17,21H,1,4-5,8-14H2,(H,22,24);2*1H. The lowest BCUT2D eigenvalue weighted by molar-refractivity contribution is -0.117. The molecule has 2 bridgehead atoms. The van der Waals surface area contributed by atoms with E-state index in [1.807, 2.05) is 12.1 Å². The average molecular weight is 400 g/mol. The Morgan fingerprint density at radius 1 is 1.04 bits per heavy atom. The normalized spacial score (nSPS) is 27.2. The summed E-state index contributed by atoms with van der Waals surface area (Å²) < 4.78 is 0. The molecule has 1 aromatic rings. The van der Waals surface area contributed by atoms with Crippen LogP contribution in [-0.2, 0) is 4.79 Å². The molecule has 146 valence electrons. The first-order valence-electron chi connectivity index (χ1n) is 9.68. The molecule has 0 aromatic heterocycles. The second-order valence-corrected chi connectivity index (χ2v) is 7.79. The van der Waals surface area contributed by atoms with Gasteiger partial charge >= 0.3 is 0 Å². The molecular weight excluding hydrogens is 369 g/mol. The highest BCUT2D eigenvalue weighted by Gasteiger charge is 2.34. The monoisotopic (exact) mass is 399 g/mol. The number of fused-ring (bicyclic) bond motifs is 2. The summed E-state index contributed by atoms with van der Waals surface area (Å²) in [6.45, 7) is 2.20. The molecule has 0 saturated carbocycles. The molecule has 3 heterocycles. The van der Waals surface area contributed by atoms with Crippen LogP contribution in [0.4, 0.5) is 11.4 Å². The Balaban J connectivity index is 0.00000121. The first-order valence-corrected chi connectivity index (χ1v) is 9.68. The average Bonchev–Trinajstić information content (AvgIpc) is 2.94. The van der Waals surface area contributed by atoms with Crippen LogP contribution < -0.4 is 15.5 Å². The second-order valence-electron chi connectivity index (χ2n) is 7.79. The number of carbonyl (C=O) groups is 1. The van der Waals surface area contributed by atoms with Crippen molar-refractivity contribution in [3.63, 3.8) is 0 Å². The number of carbonyl (C=O) groups excluding carboxylic acids is 1. The number of halogens is 2. The number of anilines is 2. The van der Waals surface area contributed by atoms with Crippen molar-refractivity contribution in [2.45, 2.75) is 63.5 Å². The summed E-state index contributed by atoms with van der Waals surface area (Å²) in [4.78, 5) is 15.0. The summed E-state index contributed by atoms with van der Waals surface area (Å²) in [5, 5.41) is 6.86. The van der Waals surface area contributed by atoms with Crippen molar-refractivity contribution in [1.29, 1.82) is 0 Å². The van der Waals surface area contributed by atoms with Crippen LogP contribution in [0.15, 0.2) is 24.3 Å². The summed E-state index contributed by atoms with van der Waals surface area (Å²) in [5.74, 6) is 0.733. The quantitative estimate of drug-likeness (QED) is 0.789. The third kappa shape index (κ3) is 5.05. The van der Waals surface area contributed by atoms with Crippen LogP contribution in [0.1, 0.15) is 51.4 Å². The maximum atomic E-state index is 12.6. The van der Waals surface area contributed by atoms with E-state index in [0.717, 1.165) is 31.6 Å². The van der Waals surface area contributed by atoms with E-state index in [2.05, 4.69) is 27.7 Å². The lowest BCUT2D eigenvalue weighted by Gasteiger charge is -2.31. The molecule has 3 aliphatic heterocycles. The van der Waals surface area contributed by atoms with Gasteiger partial charge in [-0.2, -0.15) is 0 Å². The van der Waals surface area contributed by atoms with E-state index in [-0.39, 0.29) is 30.7 Å². The zero-order chi connectivity index (χ0) is 16.4. The van der Waals surface area contributed by atoms with Gasteiger partial charge in [0.25, 0.3) is 0 Å². The van der Waals surface area contributed by atoms with Gasteiger partial charge in [-0.15, -0.1) is 24.8 Å². The minimum absolute atomic E-state index is 0. The maximum Gasteiger partial charge on any atom is 0.224 e. The number of nitrogens with one attached hydrogen (secondary N) is 2. The topological polar surface area (TPSA) is 44.4 Å². The number of amides is 1. The molecule has 26 heavy (non-hydrogen) atoms. The van der Waals surface area contributed by atoms with Gasteiger partial charge in [-0.3, -0.25) is 4.79 Å². The number of hydrogen-bond donors (Lipinski definition) is 2. The van der Waals surface area contributed by atoms with Gasteiger partial charge in [0.2, 0.25) is 5.91 Å². The summed E-state index contributed by atoms with van der Waals surface area (Å²) >= 11 is 0. The lowest BCUT2D eigenvalue weighted by atomic mass is 9.89. The molecule has 3 fully saturated rings. The molecule has 1 amide bonds. The van der Waals surface area contributed by atoms with Crippen molar-refractivity contribution < 1.29 is 4.79 Å². The van der Waals surface area contributed by atoms with Gasteiger partial charge in [0.05, 0.1) is 11.4 Å². The molecule has 0 spiro atoms. The van der Waals surface area contributed by atoms with E-state index in [1.165, 1.54) is 37.8 Å². The third-order valence-corrected chi connectivity index (χ3v) is 5.92. The molecule has 2 unspecified atom stereocenters. The molecule has 2 atom stereocenters. The number of nitrogens with zero attached hydrogens (tertiary/aromatic N) is 1. The molecule has 4 rings (SSSR count). The minimum atomic E-state index is 0. The Bertz CT molecular complexity index is 580. The summed E-state index contributed by atoms with van der Waals surface area (Å²) in [5.41, 5.74) is 2.18. The minimum Gasteiger partial charge on any atom is -0.370 e. The number of hydrogen-bond acceptors (Lipinski definition) is 3. The van der Waals surface area contributed by atoms with Crippen LogP contribution in [0.5, 0.6) is 0 Å². The van der Waals surface area contributed by atoms with Gasteiger partial charge in [-0.1, -0.05) is 12.1 Å². The van der Waals surface area contributed by atoms with Crippen LogP contribution in [0.2, 0.25) is 0 Å². The summed E-state index contributed by atoms with van der Waals surface area (Å²) in [6.07, 6.45) is 9.41. The molecule has 1 aromatic carbocycles. The van der Waals surface area contributed by atoms with E-state index >= 15 is 0 Å². The van der Waals surface area contributed by atoms with E-state index in [1.54, 1.807) is 0 Å². The van der Waals surface area contributed by atoms with Crippen LogP contribution >= 0.6 is 24.8 Å². The first-order chi connectivity index (χ1) is 11.8. The Kier molecular flexibility index (Phi) is 8.05. The zero-order valence-corrected chi connectivity index (χ0v) is 16.9. The van der Waals surface area contributed by atoms with Crippen molar-refractivity contribution in [2.75, 3.05) is 23.3 Å². The van der Waals surface area contributed by atoms with Crippen molar-refractivity contribution in [2.24, 2.45) is 5.92 Å². The predicted molar refractivity (Wildman–Crippen MR) is 113 cm³/mol. The third-order valence-electron chi connectivity index (χ3n) is 5.92. The largest absolute Gasteiger partial charge is 0.370 e. The van der Waals surface area contributed by atoms with E-state index in [4.69, 9.17) is 0 Å². The van der Waals surface area contributed by atoms with Gasteiger partial charge < -0.3 is 15.5 Å². The van der Waals surface area contributed by atoms with Crippen molar-refractivity contribution in [3.05, 3.63) is 24.3 Å². The fourth-order valence-corrected chi connectivity index (χ4v) is 4.80. The Labute approximate surface area is 169 Å². The fourth-order valence-electron chi connectivity index (χ4n) is 4.80. The molecule has 4 nitrogen and oxygen atoms in total. The summed E-state index contributed by atoms with van der Waals surface area (Å²) in [7, 11) is 0. The molecular formula is C20H31Cl2N3O. The molecule has 3 aliphatic rings. The Hall–Kier alpha value is -0.970. The fraction of sp³-hybridized carbons (Fsp3) is 0.650. The highest BCUT2D eigenvalue weighted by Crippen LogP contribution is 2.33. The SMILES string of the molecule is Cl.Cl.O=C(CC1CC2CCC(C1)N2)Nc1ccccc1N1CCCCC1. The predicted octanol–water partition coefficient (Wildman–Crippen LogP) is 4.38. The molecule has 0 aliphatic carbocycles. The van der Waals surface area contributed by atoms with Crippen molar-refractivity contribution >= 4 is 42.1 Å². The van der Waals surface area contributed by atoms with Crippen molar-refractivity contribution in [3.8, 4) is 0 Å². The van der Waals surface area contributed by atoms with E-state index in [9.17, 15) is 4.79 Å². The number of piperidine rings is 2. The van der Waals surface area contributed by atoms with Gasteiger partial charge in [0, 0.05) is 31.6 Å². The Morgan fingerprint density at radius 3 is 2.38 bits per heavy atom. The van der Waals surface area contributed by atoms with Crippen LogP contribution in [-0.4, -0.2) is 31.1 Å².